The third-order valence-electron chi connectivity index (χ3n) is 2.68. The van der Waals surface area contributed by atoms with Crippen molar-refractivity contribution in [3.05, 3.63) is 62.1 Å². The van der Waals surface area contributed by atoms with Crippen LogP contribution in [0.2, 0.25) is 0 Å². The topological polar surface area (TPSA) is 104 Å². The van der Waals surface area contributed by atoms with Crippen LogP contribution in [0.4, 0.5) is 11.5 Å². The van der Waals surface area contributed by atoms with Crippen LogP contribution in [0.25, 0.3) is 0 Å². The quantitative estimate of drug-likeness (QED) is 0.619. The van der Waals surface area contributed by atoms with Crippen molar-refractivity contribution in [1.82, 2.24) is 9.55 Å². The van der Waals surface area contributed by atoms with E-state index in [4.69, 9.17) is 0 Å². The van der Waals surface area contributed by atoms with E-state index >= 15 is 0 Å². The standard InChI is InChI=1S/C11H10N4O4/c1-8-12-6-11(15(18)19)13(8)7-9-3-2-4-10(5-9)14(16)17/h2-6H,7H2,1H3. The van der Waals surface area contributed by atoms with E-state index in [9.17, 15) is 20.2 Å². The molecule has 1 aromatic heterocycles. The summed E-state index contributed by atoms with van der Waals surface area (Å²) in [7, 11) is 0. The van der Waals surface area contributed by atoms with Gasteiger partial charge in [-0.05, 0) is 4.92 Å². The van der Waals surface area contributed by atoms with Crippen LogP contribution >= 0.6 is 0 Å². The third kappa shape index (κ3) is 2.57. The lowest BCUT2D eigenvalue weighted by molar-refractivity contribution is -0.392. The van der Waals surface area contributed by atoms with Crippen LogP contribution in [-0.4, -0.2) is 19.4 Å². The van der Waals surface area contributed by atoms with Crippen molar-refractivity contribution in [2.75, 3.05) is 0 Å². The van der Waals surface area contributed by atoms with Crippen molar-refractivity contribution in [3.8, 4) is 0 Å². The molecule has 0 radical (unpaired) electrons. The van der Waals surface area contributed by atoms with Crippen molar-refractivity contribution >= 4 is 11.5 Å². The van der Waals surface area contributed by atoms with Crippen LogP contribution in [0.15, 0.2) is 30.5 Å². The monoisotopic (exact) mass is 262 g/mol. The van der Waals surface area contributed by atoms with Crippen molar-refractivity contribution in [2.24, 2.45) is 0 Å². The molecular weight excluding hydrogens is 252 g/mol. The Morgan fingerprint density at radius 3 is 2.63 bits per heavy atom. The lowest BCUT2D eigenvalue weighted by Crippen LogP contribution is -2.06. The Hall–Kier alpha value is -2.77. The summed E-state index contributed by atoms with van der Waals surface area (Å²) in [5, 5.41) is 21.5. The Bertz CT molecular complexity index is 650. The van der Waals surface area contributed by atoms with Gasteiger partial charge in [-0.3, -0.25) is 10.1 Å². The number of hydrogen-bond donors (Lipinski definition) is 0. The summed E-state index contributed by atoms with van der Waals surface area (Å²) in [5.74, 6) is 0.349. The number of nitro groups is 2. The first-order valence-electron chi connectivity index (χ1n) is 5.39. The van der Waals surface area contributed by atoms with E-state index in [1.54, 1.807) is 19.1 Å². The molecule has 1 heterocycles. The smallest absolute Gasteiger partial charge is 0.343 e. The fourth-order valence-electron chi connectivity index (χ4n) is 1.75. The van der Waals surface area contributed by atoms with E-state index < -0.39 is 9.85 Å². The predicted octanol–water partition coefficient (Wildman–Crippen LogP) is 2.06. The average Bonchev–Trinajstić information content (AvgIpc) is 2.71. The molecule has 0 amide bonds. The van der Waals surface area contributed by atoms with E-state index in [2.05, 4.69) is 4.98 Å². The SMILES string of the molecule is Cc1ncc([N+](=O)[O-])n1Cc1cccc([N+](=O)[O-])c1. The first kappa shape index (κ1) is 12.7. The van der Waals surface area contributed by atoms with Gasteiger partial charge in [-0.2, -0.15) is 0 Å². The minimum absolute atomic E-state index is 0.0436. The molecular formula is C11H10N4O4. The highest BCUT2D eigenvalue weighted by Crippen LogP contribution is 2.19. The van der Waals surface area contributed by atoms with Crippen LogP contribution < -0.4 is 0 Å². The van der Waals surface area contributed by atoms with Gasteiger partial charge in [-0.15, -0.1) is 0 Å². The fraction of sp³-hybridized carbons (Fsp3) is 0.182. The van der Waals surface area contributed by atoms with Crippen molar-refractivity contribution in [1.29, 1.82) is 0 Å². The molecule has 0 atom stereocenters. The average molecular weight is 262 g/mol. The zero-order chi connectivity index (χ0) is 14.0. The molecule has 8 nitrogen and oxygen atoms in total. The van der Waals surface area contributed by atoms with Crippen molar-refractivity contribution in [2.45, 2.75) is 13.5 Å². The van der Waals surface area contributed by atoms with Gasteiger partial charge in [0.15, 0.2) is 5.82 Å². The van der Waals surface area contributed by atoms with E-state index in [1.807, 2.05) is 0 Å². The van der Waals surface area contributed by atoms with Gasteiger partial charge < -0.3 is 10.1 Å². The van der Waals surface area contributed by atoms with Crippen molar-refractivity contribution in [3.63, 3.8) is 0 Å². The Labute approximate surface area is 107 Å². The molecule has 98 valence electrons. The van der Waals surface area contributed by atoms with Crippen LogP contribution in [0.5, 0.6) is 0 Å². The Balaban J connectivity index is 2.36. The maximum Gasteiger partial charge on any atom is 0.343 e. The molecule has 0 unspecified atom stereocenters. The molecule has 0 aliphatic rings. The summed E-state index contributed by atoms with van der Waals surface area (Å²) < 4.78 is 1.40. The zero-order valence-corrected chi connectivity index (χ0v) is 10.0. The van der Waals surface area contributed by atoms with Gasteiger partial charge in [0.05, 0.1) is 4.92 Å². The highest BCUT2D eigenvalue weighted by molar-refractivity contribution is 5.35. The van der Waals surface area contributed by atoms with E-state index in [-0.39, 0.29) is 18.1 Å². The van der Waals surface area contributed by atoms with Gasteiger partial charge in [-0.1, -0.05) is 12.1 Å². The number of aromatic nitrogens is 2. The number of nitro benzene ring substituents is 1. The summed E-state index contributed by atoms with van der Waals surface area (Å²) in [6.45, 7) is 1.81. The molecule has 0 spiro atoms. The molecule has 2 rings (SSSR count). The molecule has 19 heavy (non-hydrogen) atoms. The van der Waals surface area contributed by atoms with Gasteiger partial charge in [0.25, 0.3) is 5.69 Å². The molecule has 1 aromatic carbocycles. The molecule has 0 saturated carbocycles. The minimum atomic E-state index is -0.530. The first-order valence-corrected chi connectivity index (χ1v) is 5.39. The molecule has 0 fully saturated rings. The number of rotatable bonds is 4. The normalized spacial score (nSPS) is 10.4. The number of imidazole rings is 1. The highest BCUT2D eigenvalue weighted by Gasteiger charge is 2.18. The Morgan fingerprint density at radius 2 is 2.00 bits per heavy atom. The molecule has 8 heteroatoms. The van der Waals surface area contributed by atoms with Crippen LogP contribution in [-0.2, 0) is 6.54 Å². The summed E-state index contributed by atoms with van der Waals surface area (Å²) in [5.41, 5.74) is 0.566. The van der Waals surface area contributed by atoms with Gasteiger partial charge in [0.2, 0.25) is 0 Å². The van der Waals surface area contributed by atoms with Crippen molar-refractivity contribution < 1.29 is 9.85 Å². The van der Waals surface area contributed by atoms with Gasteiger partial charge in [0.1, 0.15) is 12.7 Å². The highest BCUT2D eigenvalue weighted by atomic mass is 16.6. The Kier molecular flexibility index (Phi) is 3.23. The van der Waals surface area contributed by atoms with Crippen LogP contribution in [0.3, 0.4) is 0 Å². The number of non-ortho nitro benzene ring substituents is 1. The molecule has 0 aliphatic heterocycles. The number of benzene rings is 1. The Morgan fingerprint density at radius 1 is 1.26 bits per heavy atom. The van der Waals surface area contributed by atoms with Crippen LogP contribution in [0, 0.1) is 27.2 Å². The lowest BCUT2D eigenvalue weighted by atomic mass is 10.2. The van der Waals surface area contributed by atoms with E-state index in [0.29, 0.717) is 11.4 Å². The second-order valence-corrected chi connectivity index (χ2v) is 3.93. The van der Waals surface area contributed by atoms with E-state index in [0.717, 1.165) is 0 Å². The molecule has 0 bridgehead atoms. The second kappa shape index (κ2) is 4.84. The summed E-state index contributed by atoms with van der Waals surface area (Å²) >= 11 is 0. The maximum absolute atomic E-state index is 10.8. The largest absolute Gasteiger partial charge is 0.358 e. The number of nitrogens with zero attached hydrogens (tertiary/aromatic N) is 4. The maximum atomic E-state index is 10.8. The third-order valence-corrected chi connectivity index (χ3v) is 2.68. The van der Waals surface area contributed by atoms with Gasteiger partial charge in [-0.25, -0.2) is 9.55 Å². The zero-order valence-electron chi connectivity index (χ0n) is 10.0. The molecule has 0 aliphatic carbocycles. The van der Waals surface area contributed by atoms with Gasteiger partial charge >= 0.3 is 5.82 Å². The molecule has 0 N–H and O–H groups in total. The first-order chi connectivity index (χ1) is 8.99. The fourth-order valence-corrected chi connectivity index (χ4v) is 1.75. The number of aryl methyl sites for hydroxylation is 1. The van der Waals surface area contributed by atoms with E-state index in [1.165, 1.54) is 22.9 Å². The lowest BCUT2D eigenvalue weighted by Gasteiger charge is -2.03. The van der Waals surface area contributed by atoms with Gasteiger partial charge in [0, 0.05) is 24.6 Å². The number of hydrogen-bond acceptors (Lipinski definition) is 5. The van der Waals surface area contributed by atoms with Crippen LogP contribution in [0.1, 0.15) is 11.4 Å². The second-order valence-electron chi connectivity index (χ2n) is 3.93. The predicted molar refractivity (Wildman–Crippen MR) is 65.8 cm³/mol. The molecule has 0 saturated heterocycles. The summed E-state index contributed by atoms with van der Waals surface area (Å²) in [6.07, 6.45) is 1.17. The minimum Gasteiger partial charge on any atom is -0.358 e. The molecule has 2 aromatic rings. The summed E-state index contributed by atoms with van der Waals surface area (Å²) in [6, 6.07) is 5.99. The summed E-state index contributed by atoms with van der Waals surface area (Å²) in [4.78, 5) is 24.4.